The molecule has 2 rings (SSSR count). The van der Waals surface area contributed by atoms with Gasteiger partial charge >= 0.3 is 0 Å². The van der Waals surface area contributed by atoms with Gasteiger partial charge in [-0.05, 0) is 36.6 Å². The maximum Gasteiger partial charge on any atom is 0.231 e. The van der Waals surface area contributed by atoms with Gasteiger partial charge in [0.1, 0.15) is 0 Å². The van der Waals surface area contributed by atoms with Gasteiger partial charge in [-0.1, -0.05) is 32.8 Å². The van der Waals surface area contributed by atoms with E-state index in [4.69, 9.17) is 9.47 Å². The lowest BCUT2D eigenvalue weighted by Crippen LogP contribution is -2.22. The average Bonchev–Trinajstić information content (AvgIpc) is 2.89. The van der Waals surface area contributed by atoms with Crippen molar-refractivity contribution in [3.8, 4) is 11.5 Å². The highest BCUT2D eigenvalue weighted by Gasteiger charge is 2.16. The van der Waals surface area contributed by atoms with Gasteiger partial charge in [-0.15, -0.1) is 0 Å². The van der Waals surface area contributed by atoms with E-state index in [-0.39, 0.29) is 6.79 Å². The first-order chi connectivity index (χ1) is 9.66. The summed E-state index contributed by atoms with van der Waals surface area (Å²) in [5.74, 6) is 2.25. The smallest absolute Gasteiger partial charge is 0.231 e. The molecule has 0 spiro atoms. The number of aliphatic hydroxyl groups excluding tert-OH is 1. The predicted octanol–water partition coefficient (Wildman–Crippen LogP) is 2.86. The second-order valence-electron chi connectivity index (χ2n) is 5.72. The molecule has 2 N–H and O–H groups in total. The summed E-state index contributed by atoms with van der Waals surface area (Å²) in [6.07, 6.45) is 3.16. The van der Waals surface area contributed by atoms with Gasteiger partial charge in [0.25, 0.3) is 0 Å². The maximum atomic E-state index is 10.1. The van der Waals surface area contributed by atoms with Gasteiger partial charge in [0.2, 0.25) is 6.79 Å². The number of nitrogens with one attached hydrogen (secondary N) is 1. The Morgan fingerprint density at radius 3 is 2.80 bits per heavy atom. The molecule has 1 aromatic rings. The summed E-state index contributed by atoms with van der Waals surface area (Å²) in [4.78, 5) is 0. The molecule has 4 heteroatoms. The van der Waals surface area contributed by atoms with Gasteiger partial charge < -0.3 is 19.9 Å². The Hall–Kier alpha value is -1.26. The van der Waals surface area contributed by atoms with E-state index in [2.05, 4.69) is 19.2 Å². The molecule has 1 heterocycles. The van der Waals surface area contributed by atoms with E-state index in [1.807, 2.05) is 18.2 Å². The third-order valence-corrected chi connectivity index (χ3v) is 3.50. The molecule has 1 atom stereocenters. The molecule has 0 fully saturated rings. The van der Waals surface area contributed by atoms with Crippen LogP contribution in [-0.4, -0.2) is 25.0 Å². The van der Waals surface area contributed by atoms with Crippen molar-refractivity contribution in [3.63, 3.8) is 0 Å². The van der Waals surface area contributed by atoms with Crippen LogP contribution in [0.4, 0.5) is 0 Å². The second-order valence-corrected chi connectivity index (χ2v) is 5.72. The molecule has 1 aliphatic rings. The summed E-state index contributed by atoms with van der Waals surface area (Å²) in [5, 5.41) is 13.4. The molecule has 112 valence electrons. The van der Waals surface area contributed by atoms with Crippen molar-refractivity contribution in [1.29, 1.82) is 0 Å². The molecule has 0 aromatic heterocycles. The van der Waals surface area contributed by atoms with E-state index in [9.17, 15) is 5.11 Å². The van der Waals surface area contributed by atoms with Crippen LogP contribution < -0.4 is 14.8 Å². The first kappa shape index (κ1) is 15.1. The van der Waals surface area contributed by atoms with Gasteiger partial charge in [0.15, 0.2) is 11.5 Å². The fourth-order valence-electron chi connectivity index (χ4n) is 2.28. The lowest BCUT2D eigenvalue weighted by molar-refractivity contribution is 0.170. The molecule has 0 saturated heterocycles. The molecule has 4 nitrogen and oxygen atoms in total. The Bertz CT molecular complexity index is 420. The highest BCUT2D eigenvalue weighted by Crippen LogP contribution is 2.34. The monoisotopic (exact) mass is 279 g/mol. The third kappa shape index (κ3) is 4.39. The minimum atomic E-state index is -0.505. The number of hydrogen-bond donors (Lipinski definition) is 2. The van der Waals surface area contributed by atoms with Crippen molar-refractivity contribution < 1.29 is 14.6 Å². The Morgan fingerprint density at radius 1 is 1.20 bits per heavy atom. The summed E-state index contributed by atoms with van der Waals surface area (Å²) in [6, 6.07) is 5.59. The zero-order valence-electron chi connectivity index (χ0n) is 12.4. The van der Waals surface area contributed by atoms with E-state index in [0.717, 1.165) is 35.9 Å². The zero-order chi connectivity index (χ0) is 14.4. The fourth-order valence-corrected chi connectivity index (χ4v) is 2.28. The van der Waals surface area contributed by atoms with Crippen molar-refractivity contribution in [2.45, 2.75) is 39.2 Å². The van der Waals surface area contributed by atoms with Crippen molar-refractivity contribution in [2.24, 2.45) is 5.92 Å². The average molecular weight is 279 g/mol. The highest BCUT2D eigenvalue weighted by atomic mass is 16.7. The Morgan fingerprint density at radius 2 is 2.00 bits per heavy atom. The summed E-state index contributed by atoms with van der Waals surface area (Å²) < 4.78 is 10.6. The number of ether oxygens (including phenoxy) is 2. The minimum Gasteiger partial charge on any atom is -0.454 e. The standard InChI is InChI=1S/C16H25NO3/c1-12(2)5-3-4-8-17-10-14(18)13-6-7-15-16(9-13)20-11-19-15/h6-7,9,12,14,17-18H,3-5,8,10-11H2,1-2H3. The Kier molecular flexibility index (Phi) is 5.68. The maximum absolute atomic E-state index is 10.1. The van der Waals surface area contributed by atoms with Crippen LogP contribution in [0.2, 0.25) is 0 Å². The van der Waals surface area contributed by atoms with E-state index >= 15 is 0 Å². The summed E-state index contributed by atoms with van der Waals surface area (Å²) in [5.41, 5.74) is 0.865. The highest BCUT2D eigenvalue weighted by molar-refractivity contribution is 5.45. The van der Waals surface area contributed by atoms with Gasteiger partial charge in [0, 0.05) is 6.54 Å². The largest absolute Gasteiger partial charge is 0.454 e. The van der Waals surface area contributed by atoms with Gasteiger partial charge in [-0.3, -0.25) is 0 Å². The summed E-state index contributed by atoms with van der Waals surface area (Å²) in [7, 11) is 0. The van der Waals surface area contributed by atoms with Crippen LogP contribution in [0, 0.1) is 5.92 Å². The van der Waals surface area contributed by atoms with Crippen molar-refractivity contribution in [1.82, 2.24) is 5.32 Å². The van der Waals surface area contributed by atoms with Crippen LogP contribution in [0.25, 0.3) is 0 Å². The first-order valence-electron chi connectivity index (χ1n) is 7.45. The molecule has 0 aliphatic carbocycles. The van der Waals surface area contributed by atoms with Crippen LogP contribution in [0.5, 0.6) is 11.5 Å². The van der Waals surface area contributed by atoms with Crippen LogP contribution in [0.1, 0.15) is 44.8 Å². The van der Waals surface area contributed by atoms with Crippen LogP contribution in [0.3, 0.4) is 0 Å². The normalized spacial score (nSPS) is 14.8. The SMILES string of the molecule is CC(C)CCCCNCC(O)c1ccc2c(c1)OCO2. The number of hydrogen-bond acceptors (Lipinski definition) is 4. The molecule has 0 radical (unpaired) electrons. The van der Waals surface area contributed by atoms with E-state index in [1.54, 1.807) is 0 Å². The summed E-state index contributed by atoms with van der Waals surface area (Å²) in [6.45, 7) is 6.28. The van der Waals surface area contributed by atoms with E-state index in [0.29, 0.717) is 6.54 Å². The number of unbranched alkanes of at least 4 members (excludes halogenated alkanes) is 1. The first-order valence-corrected chi connectivity index (χ1v) is 7.45. The molecule has 0 bridgehead atoms. The number of aliphatic hydroxyl groups is 1. The lowest BCUT2D eigenvalue weighted by atomic mass is 10.1. The quantitative estimate of drug-likeness (QED) is 0.718. The molecule has 0 amide bonds. The Balaban J connectivity index is 1.68. The Labute approximate surface area is 121 Å². The molecule has 20 heavy (non-hydrogen) atoms. The molecular formula is C16H25NO3. The predicted molar refractivity (Wildman–Crippen MR) is 79.1 cm³/mol. The van der Waals surface area contributed by atoms with Crippen LogP contribution >= 0.6 is 0 Å². The van der Waals surface area contributed by atoms with Crippen LogP contribution in [-0.2, 0) is 0 Å². The number of fused-ring (bicyclic) bond motifs is 1. The molecule has 1 aliphatic heterocycles. The van der Waals surface area contributed by atoms with E-state index < -0.39 is 6.10 Å². The van der Waals surface area contributed by atoms with Crippen LogP contribution in [0.15, 0.2) is 18.2 Å². The fraction of sp³-hybridized carbons (Fsp3) is 0.625. The van der Waals surface area contributed by atoms with Gasteiger partial charge in [0.05, 0.1) is 6.10 Å². The van der Waals surface area contributed by atoms with Gasteiger partial charge in [-0.25, -0.2) is 0 Å². The molecular weight excluding hydrogens is 254 g/mol. The second kappa shape index (κ2) is 7.50. The molecule has 0 saturated carbocycles. The lowest BCUT2D eigenvalue weighted by Gasteiger charge is -2.13. The molecule has 1 unspecified atom stereocenters. The number of rotatable bonds is 8. The number of benzene rings is 1. The minimum absolute atomic E-state index is 0.267. The topological polar surface area (TPSA) is 50.7 Å². The third-order valence-electron chi connectivity index (χ3n) is 3.50. The summed E-state index contributed by atoms with van der Waals surface area (Å²) >= 11 is 0. The zero-order valence-corrected chi connectivity index (χ0v) is 12.4. The van der Waals surface area contributed by atoms with E-state index in [1.165, 1.54) is 12.8 Å². The van der Waals surface area contributed by atoms with Crippen molar-refractivity contribution in [3.05, 3.63) is 23.8 Å². The van der Waals surface area contributed by atoms with Crippen molar-refractivity contribution >= 4 is 0 Å². The van der Waals surface area contributed by atoms with Gasteiger partial charge in [-0.2, -0.15) is 0 Å². The molecule has 1 aromatic carbocycles. The van der Waals surface area contributed by atoms with Crippen molar-refractivity contribution in [2.75, 3.05) is 19.9 Å².